The standard InChI is InChI=1S/C19H33N5OS/c1-5-20-19(23-16-13-24(14(2)3)12-15(16)4)22-10-7-9-21-18(25)17-8-6-11-26-17/h6,8,11,14-16H,5,7,9-10,12-13H2,1-4H3,(H,21,25)(H2,20,22,23). The summed E-state index contributed by atoms with van der Waals surface area (Å²) < 4.78 is 0. The Morgan fingerprint density at radius 3 is 2.81 bits per heavy atom. The van der Waals surface area contributed by atoms with Crippen molar-refractivity contribution in [3.63, 3.8) is 0 Å². The first-order chi connectivity index (χ1) is 12.5. The molecule has 0 spiro atoms. The van der Waals surface area contributed by atoms with Crippen LogP contribution in [0.15, 0.2) is 22.5 Å². The van der Waals surface area contributed by atoms with Gasteiger partial charge >= 0.3 is 0 Å². The first-order valence-corrected chi connectivity index (χ1v) is 10.5. The predicted octanol–water partition coefficient (Wildman–Crippen LogP) is 2.15. The number of hydrogen-bond acceptors (Lipinski definition) is 4. The number of carbonyl (C=O) groups is 1. The number of rotatable bonds is 8. The number of guanidine groups is 1. The molecule has 1 amide bonds. The van der Waals surface area contributed by atoms with Gasteiger partial charge in [-0.25, -0.2) is 0 Å². The Hall–Kier alpha value is -1.60. The summed E-state index contributed by atoms with van der Waals surface area (Å²) in [5.41, 5.74) is 0. The summed E-state index contributed by atoms with van der Waals surface area (Å²) in [5.74, 6) is 1.48. The molecule has 3 N–H and O–H groups in total. The molecule has 0 aliphatic carbocycles. The number of carbonyl (C=O) groups excluding carboxylic acids is 1. The fourth-order valence-corrected chi connectivity index (χ4v) is 3.72. The second-order valence-electron chi connectivity index (χ2n) is 7.12. The van der Waals surface area contributed by atoms with E-state index in [1.807, 2.05) is 17.5 Å². The number of nitrogens with one attached hydrogen (secondary N) is 3. The van der Waals surface area contributed by atoms with Crippen molar-refractivity contribution in [2.75, 3.05) is 32.7 Å². The Labute approximate surface area is 161 Å². The first kappa shape index (κ1) is 20.7. The van der Waals surface area contributed by atoms with Gasteiger partial charge in [0.2, 0.25) is 0 Å². The highest BCUT2D eigenvalue weighted by Gasteiger charge is 2.31. The minimum atomic E-state index is 0.00238. The van der Waals surface area contributed by atoms with Crippen molar-refractivity contribution in [1.82, 2.24) is 20.9 Å². The molecule has 0 saturated carbocycles. The average Bonchev–Trinajstić information content (AvgIpc) is 3.25. The minimum Gasteiger partial charge on any atom is -0.357 e. The van der Waals surface area contributed by atoms with Crippen molar-refractivity contribution in [2.24, 2.45) is 10.9 Å². The maximum atomic E-state index is 11.9. The minimum absolute atomic E-state index is 0.00238. The summed E-state index contributed by atoms with van der Waals surface area (Å²) in [5, 5.41) is 11.8. The normalized spacial score (nSPS) is 21.2. The number of hydrogen-bond donors (Lipinski definition) is 3. The summed E-state index contributed by atoms with van der Waals surface area (Å²) in [4.78, 5) is 19.8. The van der Waals surface area contributed by atoms with Gasteiger partial charge in [-0.2, -0.15) is 0 Å². The van der Waals surface area contributed by atoms with Crippen LogP contribution in [0.4, 0.5) is 0 Å². The molecular weight excluding hydrogens is 346 g/mol. The van der Waals surface area contributed by atoms with Gasteiger partial charge in [0.05, 0.1) is 4.88 Å². The van der Waals surface area contributed by atoms with Crippen molar-refractivity contribution in [3.8, 4) is 0 Å². The Morgan fingerprint density at radius 2 is 2.19 bits per heavy atom. The third-order valence-electron chi connectivity index (χ3n) is 4.67. The summed E-state index contributed by atoms with van der Waals surface area (Å²) in [7, 11) is 0. The summed E-state index contributed by atoms with van der Waals surface area (Å²) in [6, 6.07) is 4.74. The fraction of sp³-hybridized carbons (Fsp3) is 0.684. The zero-order chi connectivity index (χ0) is 18.9. The van der Waals surface area contributed by atoms with Crippen LogP contribution >= 0.6 is 11.3 Å². The molecule has 2 heterocycles. The molecule has 7 heteroatoms. The van der Waals surface area contributed by atoms with Gasteiger partial charge in [0.15, 0.2) is 5.96 Å². The number of thiophene rings is 1. The quantitative estimate of drug-likeness (QED) is 0.368. The van der Waals surface area contributed by atoms with Crippen LogP contribution < -0.4 is 16.0 Å². The predicted molar refractivity (Wildman–Crippen MR) is 110 cm³/mol. The van der Waals surface area contributed by atoms with Gasteiger partial charge in [0.1, 0.15) is 0 Å². The summed E-state index contributed by atoms with van der Waals surface area (Å²) in [6.45, 7) is 13.2. The lowest BCUT2D eigenvalue weighted by Crippen LogP contribution is -2.47. The molecule has 1 aliphatic heterocycles. The van der Waals surface area contributed by atoms with Gasteiger partial charge in [-0.1, -0.05) is 13.0 Å². The molecule has 26 heavy (non-hydrogen) atoms. The van der Waals surface area contributed by atoms with Gasteiger partial charge in [-0.05, 0) is 44.6 Å². The molecule has 1 aromatic rings. The third-order valence-corrected chi connectivity index (χ3v) is 5.54. The smallest absolute Gasteiger partial charge is 0.261 e. The molecule has 0 bridgehead atoms. The Kier molecular flexibility index (Phi) is 8.38. The number of likely N-dealkylation sites (tertiary alicyclic amines) is 1. The second-order valence-corrected chi connectivity index (χ2v) is 8.07. The van der Waals surface area contributed by atoms with Gasteiger partial charge in [0.25, 0.3) is 5.91 Å². The van der Waals surface area contributed by atoms with E-state index < -0.39 is 0 Å². The first-order valence-electron chi connectivity index (χ1n) is 9.61. The fourth-order valence-electron chi connectivity index (χ4n) is 3.08. The van der Waals surface area contributed by atoms with E-state index in [0.29, 0.717) is 31.1 Å². The van der Waals surface area contributed by atoms with E-state index >= 15 is 0 Å². The van der Waals surface area contributed by atoms with Crippen molar-refractivity contribution in [2.45, 2.75) is 46.2 Å². The van der Waals surface area contributed by atoms with E-state index in [-0.39, 0.29) is 5.91 Å². The Balaban J connectivity index is 1.75. The molecule has 0 aromatic carbocycles. The highest BCUT2D eigenvalue weighted by Crippen LogP contribution is 2.18. The van der Waals surface area contributed by atoms with Crippen LogP contribution in [0.5, 0.6) is 0 Å². The molecule has 2 atom stereocenters. The highest BCUT2D eigenvalue weighted by molar-refractivity contribution is 7.12. The molecule has 1 aliphatic rings. The molecule has 2 unspecified atom stereocenters. The van der Waals surface area contributed by atoms with E-state index in [9.17, 15) is 4.79 Å². The topological polar surface area (TPSA) is 68.8 Å². The van der Waals surface area contributed by atoms with E-state index in [2.05, 4.69) is 53.5 Å². The molecule has 1 aromatic heterocycles. The lowest BCUT2D eigenvalue weighted by molar-refractivity contribution is 0.0957. The van der Waals surface area contributed by atoms with Crippen molar-refractivity contribution < 1.29 is 4.79 Å². The number of aliphatic imine (C=N–C) groups is 1. The van der Waals surface area contributed by atoms with Crippen LogP contribution in [0.25, 0.3) is 0 Å². The molecule has 6 nitrogen and oxygen atoms in total. The van der Waals surface area contributed by atoms with E-state index in [1.165, 1.54) is 11.3 Å². The second kappa shape index (κ2) is 10.5. The molecule has 146 valence electrons. The van der Waals surface area contributed by atoms with Crippen LogP contribution in [-0.2, 0) is 0 Å². The van der Waals surface area contributed by atoms with Gasteiger partial charge < -0.3 is 16.0 Å². The Morgan fingerprint density at radius 1 is 1.38 bits per heavy atom. The number of amides is 1. The van der Waals surface area contributed by atoms with Crippen LogP contribution in [0.3, 0.4) is 0 Å². The van der Waals surface area contributed by atoms with Crippen molar-refractivity contribution >= 4 is 23.2 Å². The average molecular weight is 380 g/mol. The van der Waals surface area contributed by atoms with E-state index in [0.717, 1.165) is 36.9 Å². The van der Waals surface area contributed by atoms with Gasteiger partial charge in [-0.15, -0.1) is 11.3 Å². The van der Waals surface area contributed by atoms with E-state index in [4.69, 9.17) is 0 Å². The third kappa shape index (κ3) is 6.29. The molecule has 1 fully saturated rings. The SMILES string of the molecule is CCNC(=NCCCNC(=O)c1cccs1)NC1CN(C(C)C)CC1C. The number of nitrogens with zero attached hydrogens (tertiary/aromatic N) is 2. The lowest BCUT2D eigenvalue weighted by atomic mass is 10.1. The van der Waals surface area contributed by atoms with Crippen molar-refractivity contribution in [1.29, 1.82) is 0 Å². The van der Waals surface area contributed by atoms with Crippen LogP contribution in [0.2, 0.25) is 0 Å². The molecule has 0 radical (unpaired) electrons. The molecular formula is C19H33N5OS. The highest BCUT2D eigenvalue weighted by atomic mass is 32.1. The summed E-state index contributed by atoms with van der Waals surface area (Å²) >= 11 is 1.46. The van der Waals surface area contributed by atoms with E-state index in [1.54, 1.807) is 0 Å². The zero-order valence-electron chi connectivity index (χ0n) is 16.4. The summed E-state index contributed by atoms with van der Waals surface area (Å²) in [6.07, 6.45) is 0.825. The van der Waals surface area contributed by atoms with Gasteiger partial charge in [0, 0.05) is 44.8 Å². The monoisotopic (exact) mass is 379 g/mol. The van der Waals surface area contributed by atoms with Crippen molar-refractivity contribution in [3.05, 3.63) is 22.4 Å². The van der Waals surface area contributed by atoms with Crippen LogP contribution in [0.1, 0.15) is 43.8 Å². The molecule has 2 rings (SSSR count). The largest absolute Gasteiger partial charge is 0.357 e. The Bertz CT molecular complexity index is 572. The lowest BCUT2D eigenvalue weighted by Gasteiger charge is -2.22. The van der Waals surface area contributed by atoms with Crippen LogP contribution in [0, 0.1) is 5.92 Å². The maximum Gasteiger partial charge on any atom is 0.261 e. The maximum absolute atomic E-state index is 11.9. The van der Waals surface area contributed by atoms with Crippen LogP contribution in [-0.4, -0.2) is 61.6 Å². The van der Waals surface area contributed by atoms with Gasteiger partial charge in [-0.3, -0.25) is 14.7 Å². The molecule has 1 saturated heterocycles. The zero-order valence-corrected chi connectivity index (χ0v) is 17.2.